The van der Waals surface area contributed by atoms with E-state index in [4.69, 9.17) is 9.40 Å². The number of aromatic nitrogens is 1. The highest BCUT2D eigenvalue weighted by Crippen LogP contribution is 2.41. The van der Waals surface area contributed by atoms with Gasteiger partial charge in [-0.1, -0.05) is 176 Å². The summed E-state index contributed by atoms with van der Waals surface area (Å²) < 4.78 is 6.65. The SMILES string of the molecule is c1ccc(-c2nc3ccc4ccc5ccc(N(c6cccc([Si](c7ccccc7)(c7ccccc7)c7ccccc7)c6)c6ccc7ccccc7c6)cc5c4c3o2)cc1. The zero-order valence-electron chi connectivity index (χ0n) is 32.2. The predicted octanol–water partition coefficient (Wildman–Crippen LogP) is 11.8. The van der Waals surface area contributed by atoms with Crippen molar-refractivity contribution in [2.24, 2.45) is 0 Å². The monoisotopic (exact) mass is 770 g/mol. The molecule has 11 aromatic rings. The highest BCUT2D eigenvalue weighted by Gasteiger charge is 2.41. The zero-order chi connectivity index (χ0) is 39.2. The summed E-state index contributed by atoms with van der Waals surface area (Å²) in [6, 6.07) is 83.7. The average molecular weight is 771 g/mol. The lowest BCUT2D eigenvalue weighted by Crippen LogP contribution is -2.74. The van der Waals surface area contributed by atoms with Gasteiger partial charge in [0.05, 0.1) is 0 Å². The van der Waals surface area contributed by atoms with Gasteiger partial charge < -0.3 is 9.32 Å². The molecule has 10 aromatic carbocycles. The Kier molecular flexibility index (Phi) is 8.49. The van der Waals surface area contributed by atoms with E-state index in [1.165, 1.54) is 31.5 Å². The maximum absolute atomic E-state index is 6.65. The van der Waals surface area contributed by atoms with Crippen LogP contribution in [-0.2, 0) is 0 Å². The number of oxazole rings is 1. The van der Waals surface area contributed by atoms with Gasteiger partial charge in [-0.15, -0.1) is 0 Å². The van der Waals surface area contributed by atoms with Gasteiger partial charge in [0.1, 0.15) is 5.52 Å². The molecule has 0 saturated heterocycles. The van der Waals surface area contributed by atoms with Crippen molar-refractivity contribution in [3.05, 3.63) is 231 Å². The summed E-state index contributed by atoms with van der Waals surface area (Å²) in [6.45, 7) is 0. The van der Waals surface area contributed by atoms with Crippen molar-refractivity contribution in [3.8, 4) is 11.5 Å². The molecule has 1 aromatic heterocycles. The molecule has 0 unspecified atom stereocenters. The van der Waals surface area contributed by atoms with E-state index in [-0.39, 0.29) is 0 Å². The quantitative estimate of drug-likeness (QED) is 0.0875. The van der Waals surface area contributed by atoms with Gasteiger partial charge in [-0.25, -0.2) is 4.98 Å². The molecule has 0 N–H and O–H groups in total. The largest absolute Gasteiger partial charge is 0.435 e. The van der Waals surface area contributed by atoms with Crippen LogP contribution in [0.25, 0.3) is 54.9 Å². The minimum absolute atomic E-state index is 0.624. The third kappa shape index (κ3) is 5.92. The highest BCUT2D eigenvalue weighted by molar-refractivity contribution is 7.19. The molecule has 0 aliphatic carbocycles. The van der Waals surface area contributed by atoms with Gasteiger partial charge in [-0.2, -0.15) is 0 Å². The summed E-state index contributed by atoms with van der Waals surface area (Å²) in [5.74, 6) is 0.624. The van der Waals surface area contributed by atoms with Crippen molar-refractivity contribution in [2.45, 2.75) is 0 Å². The molecule has 0 aliphatic heterocycles. The second-order valence-corrected chi connectivity index (χ2v) is 18.9. The smallest absolute Gasteiger partial charge is 0.227 e. The number of nitrogens with zero attached hydrogens (tertiary/aromatic N) is 2. The molecule has 0 spiro atoms. The van der Waals surface area contributed by atoms with Gasteiger partial charge >= 0.3 is 0 Å². The Morgan fingerprint density at radius 3 is 1.56 bits per heavy atom. The number of fused-ring (bicyclic) bond motifs is 6. The first-order valence-corrected chi connectivity index (χ1v) is 22.1. The minimum atomic E-state index is -2.81. The maximum Gasteiger partial charge on any atom is 0.227 e. The number of hydrogen-bond acceptors (Lipinski definition) is 3. The number of benzene rings is 10. The molecule has 0 aliphatic rings. The zero-order valence-corrected chi connectivity index (χ0v) is 33.2. The Morgan fingerprint density at radius 2 is 0.881 bits per heavy atom. The van der Waals surface area contributed by atoms with E-state index in [0.717, 1.165) is 55.3 Å². The van der Waals surface area contributed by atoms with Gasteiger partial charge in [0.2, 0.25) is 5.89 Å². The molecule has 0 amide bonds. The number of anilines is 3. The second kappa shape index (κ2) is 14.4. The fourth-order valence-electron chi connectivity index (χ4n) is 9.06. The molecule has 0 radical (unpaired) electrons. The van der Waals surface area contributed by atoms with Crippen molar-refractivity contribution >= 4 is 89.3 Å². The molecule has 11 rings (SSSR count). The van der Waals surface area contributed by atoms with Crippen LogP contribution in [0.2, 0.25) is 0 Å². The predicted molar refractivity (Wildman–Crippen MR) is 250 cm³/mol. The summed E-state index contributed by atoms with van der Waals surface area (Å²) in [6.07, 6.45) is 0. The molecule has 4 heteroatoms. The van der Waals surface area contributed by atoms with E-state index in [9.17, 15) is 0 Å². The van der Waals surface area contributed by atoms with E-state index in [0.29, 0.717) is 5.89 Å². The highest BCUT2D eigenvalue weighted by atomic mass is 28.3. The summed E-state index contributed by atoms with van der Waals surface area (Å²) in [5.41, 5.74) is 5.84. The summed E-state index contributed by atoms with van der Waals surface area (Å²) in [7, 11) is -2.81. The molecule has 3 nitrogen and oxygen atoms in total. The summed E-state index contributed by atoms with van der Waals surface area (Å²) in [4.78, 5) is 7.38. The first-order valence-electron chi connectivity index (χ1n) is 20.1. The van der Waals surface area contributed by atoms with Crippen LogP contribution in [0.15, 0.2) is 235 Å². The lowest BCUT2D eigenvalue weighted by atomic mass is 10.00. The number of rotatable bonds is 8. The van der Waals surface area contributed by atoms with E-state index in [1.807, 2.05) is 30.3 Å². The Hall–Kier alpha value is -7.53. The van der Waals surface area contributed by atoms with Gasteiger partial charge in [0.25, 0.3) is 0 Å². The Labute approximate surface area is 344 Å². The molecular weight excluding hydrogens is 733 g/mol. The minimum Gasteiger partial charge on any atom is -0.435 e. The Bertz CT molecular complexity index is 3180. The van der Waals surface area contributed by atoms with Crippen molar-refractivity contribution in [1.29, 1.82) is 0 Å². The first-order chi connectivity index (χ1) is 29.2. The van der Waals surface area contributed by atoms with Gasteiger partial charge in [0.15, 0.2) is 13.7 Å². The molecule has 1 heterocycles. The van der Waals surface area contributed by atoms with Crippen LogP contribution >= 0.6 is 0 Å². The fourth-order valence-corrected chi connectivity index (χ4v) is 13.8. The van der Waals surface area contributed by atoms with Gasteiger partial charge in [-0.3, -0.25) is 0 Å². The van der Waals surface area contributed by atoms with E-state index >= 15 is 0 Å². The van der Waals surface area contributed by atoms with Crippen LogP contribution in [0.5, 0.6) is 0 Å². The topological polar surface area (TPSA) is 29.3 Å². The fraction of sp³-hybridized carbons (Fsp3) is 0. The lowest BCUT2D eigenvalue weighted by Gasteiger charge is -2.35. The van der Waals surface area contributed by atoms with E-state index in [2.05, 4.69) is 205 Å². The van der Waals surface area contributed by atoms with Crippen molar-refractivity contribution in [1.82, 2.24) is 4.98 Å². The van der Waals surface area contributed by atoms with Crippen molar-refractivity contribution in [3.63, 3.8) is 0 Å². The van der Waals surface area contributed by atoms with Crippen LogP contribution in [0.4, 0.5) is 17.1 Å². The summed E-state index contributed by atoms with van der Waals surface area (Å²) in [5, 5.41) is 12.2. The van der Waals surface area contributed by atoms with Crippen LogP contribution in [-0.4, -0.2) is 13.1 Å². The Balaban J connectivity index is 1.17. The molecule has 59 heavy (non-hydrogen) atoms. The van der Waals surface area contributed by atoms with E-state index < -0.39 is 8.07 Å². The molecule has 0 saturated carbocycles. The number of hydrogen-bond donors (Lipinski definition) is 0. The van der Waals surface area contributed by atoms with Gasteiger partial charge in [-0.05, 0) is 102 Å². The van der Waals surface area contributed by atoms with Crippen LogP contribution in [0.1, 0.15) is 0 Å². The average Bonchev–Trinajstić information content (AvgIpc) is 3.76. The maximum atomic E-state index is 6.65. The molecular formula is C55H38N2OSi. The van der Waals surface area contributed by atoms with Crippen LogP contribution < -0.4 is 25.6 Å². The first kappa shape index (κ1) is 34.7. The molecule has 0 atom stereocenters. The molecule has 0 bridgehead atoms. The third-order valence-electron chi connectivity index (χ3n) is 11.8. The van der Waals surface area contributed by atoms with Gasteiger partial charge in [0, 0.05) is 28.0 Å². The van der Waals surface area contributed by atoms with Crippen LogP contribution in [0.3, 0.4) is 0 Å². The lowest BCUT2D eigenvalue weighted by molar-refractivity contribution is 0.623. The molecule has 278 valence electrons. The normalized spacial score (nSPS) is 11.7. The standard InChI is InChI=1S/C55H38N2OSi/c1-5-17-42(18-6-1)55-56-52-35-32-41-29-28-40-31-34-46(38-51(40)53(41)54(52)58-55)57(45-33-30-39-16-13-14-19-43(39)36-45)44-20-15-27-50(37-44)59(47-21-7-2-8-22-47,48-23-9-3-10-24-48)49-25-11-4-12-26-49/h1-38H. The van der Waals surface area contributed by atoms with Crippen LogP contribution in [0, 0.1) is 0 Å². The Morgan fingerprint density at radius 1 is 0.373 bits per heavy atom. The molecule has 0 fully saturated rings. The third-order valence-corrected chi connectivity index (χ3v) is 16.5. The van der Waals surface area contributed by atoms with E-state index in [1.54, 1.807) is 0 Å². The van der Waals surface area contributed by atoms with Crippen molar-refractivity contribution < 1.29 is 4.42 Å². The summed E-state index contributed by atoms with van der Waals surface area (Å²) >= 11 is 0. The second-order valence-electron chi connectivity index (χ2n) is 15.1. The van der Waals surface area contributed by atoms with Crippen molar-refractivity contribution in [2.75, 3.05) is 4.90 Å².